The first-order chi connectivity index (χ1) is 15.4. The van der Waals surface area contributed by atoms with Crippen molar-refractivity contribution < 1.29 is 18.4 Å². The lowest BCUT2D eigenvalue weighted by molar-refractivity contribution is 0.199. The van der Waals surface area contributed by atoms with Gasteiger partial charge in [-0.2, -0.15) is 4.98 Å². The van der Waals surface area contributed by atoms with Crippen molar-refractivity contribution in [1.82, 2.24) is 20.4 Å². The largest absolute Gasteiger partial charge is 0.497 e. The SMILES string of the molecule is COc1cccc(C2NC(=O)N(CC(C)C)C(C)=C2c2nc(-c3ccc(F)cc3)no2)c1. The Morgan fingerprint density at radius 1 is 1.22 bits per heavy atom. The van der Waals surface area contributed by atoms with Gasteiger partial charge in [-0.3, -0.25) is 4.90 Å². The van der Waals surface area contributed by atoms with E-state index in [1.54, 1.807) is 24.1 Å². The van der Waals surface area contributed by atoms with E-state index in [1.807, 2.05) is 45.0 Å². The molecule has 0 saturated carbocycles. The standard InChI is InChI=1S/C24H25FN4O3/c1-14(2)13-29-15(3)20(21(26-24(29)30)17-6-5-7-19(12-17)31-4)23-27-22(28-32-23)16-8-10-18(25)11-9-16/h5-12,14,21H,13H2,1-4H3,(H,26,30). The van der Waals surface area contributed by atoms with Crippen molar-refractivity contribution in [2.75, 3.05) is 13.7 Å². The second-order valence-electron chi connectivity index (χ2n) is 8.09. The lowest BCUT2D eigenvalue weighted by atomic mass is 9.94. The number of carbonyl (C=O) groups is 1. The quantitative estimate of drug-likeness (QED) is 0.586. The van der Waals surface area contributed by atoms with Gasteiger partial charge in [0.05, 0.1) is 18.7 Å². The summed E-state index contributed by atoms with van der Waals surface area (Å²) in [5.74, 6) is 1.24. The Labute approximate surface area is 185 Å². The van der Waals surface area contributed by atoms with Crippen molar-refractivity contribution in [3.8, 4) is 17.1 Å². The van der Waals surface area contributed by atoms with Crippen LogP contribution in [0.3, 0.4) is 0 Å². The van der Waals surface area contributed by atoms with E-state index < -0.39 is 6.04 Å². The molecule has 1 atom stereocenters. The topological polar surface area (TPSA) is 80.5 Å². The highest BCUT2D eigenvalue weighted by atomic mass is 19.1. The Morgan fingerprint density at radius 3 is 2.66 bits per heavy atom. The number of nitrogens with zero attached hydrogens (tertiary/aromatic N) is 3. The van der Waals surface area contributed by atoms with Gasteiger partial charge in [0.25, 0.3) is 5.89 Å². The molecule has 0 aliphatic carbocycles. The summed E-state index contributed by atoms with van der Waals surface area (Å²) in [6.07, 6.45) is 0. The third-order valence-corrected chi connectivity index (χ3v) is 5.33. The molecule has 1 N–H and O–H groups in total. The summed E-state index contributed by atoms with van der Waals surface area (Å²) in [6, 6.07) is 12.7. The molecule has 166 valence electrons. The molecule has 4 rings (SSSR count). The number of ether oxygens (including phenoxy) is 1. The van der Waals surface area contributed by atoms with Crippen LogP contribution in [0.1, 0.15) is 38.3 Å². The fraction of sp³-hybridized carbons (Fsp3) is 0.292. The van der Waals surface area contributed by atoms with Gasteiger partial charge in [-0.05, 0) is 54.8 Å². The number of benzene rings is 2. The summed E-state index contributed by atoms with van der Waals surface area (Å²) >= 11 is 0. The molecule has 3 aromatic rings. The van der Waals surface area contributed by atoms with Gasteiger partial charge in [0.1, 0.15) is 11.6 Å². The van der Waals surface area contributed by atoms with E-state index >= 15 is 0 Å². The van der Waals surface area contributed by atoms with Gasteiger partial charge < -0.3 is 14.6 Å². The first kappa shape index (κ1) is 21.5. The number of amides is 2. The summed E-state index contributed by atoms with van der Waals surface area (Å²) in [5.41, 5.74) is 2.91. The van der Waals surface area contributed by atoms with E-state index in [-0.39, 0.29) is 17.8 Å². The number of carbonyl (C=O) groups excluding carboxylic acids is 1. The number of hydrogen-bond acceptors (Lipinski definition) is 5. The highest BCUT2D eigenvalue weighted by Crippen LogP contribution is 2.38. The molecule has 7 nitrogen and oxygen atoms in total. The van der Waals surface area contributed by atoms with E-state index in [0.717, 1.165) is 11.3 Å². The second kappa shape index (κ2) is 8.82. The molecule has 0 radical (unpaired) electrons. The predicted molar refractivity (Wildman–Crippen MR) is 118 cm³/mol. The number of halogens is 1. The van der Waals surface area contributed by atoms with Crippen molar-refractivity contribution in [2.45, 2.75) is 26.8 Å². The number of rotatable bonds is 6. The summed E-state index contributed by atoms with van der Waals surface area (Å²) in [7, 11) is 1.60. The molecule has 0 saturated heterocycles. The smallest absolute Gasteiger partial charge is 0.322 e. The number of allylic oxidation sites excluding steroid dienone is 1. The molecule has 32 heavy (non-hydrogen) atoms. The molecule has 8 heteroatoms. The van der Waals surface area contributed by atoms with Gasteiger partial charge in [-0.25, -0.2) is 9.18 Å². The molecular formula is C24H25FN4O3. The number of methoxy groups -OCH3 is 1. The summed E-state index contributed by atoms with van der Waals surface area (Å²) in [6.45, 7) is 6.53. The minimum atomic E-state index is -0.498. The normalized spacial score (nSPS) is 16.5. The lowest BCUT2D eigenvalue weighted by Crippen LogP contribution is -2.47. The molecule has 0 bridgehead atoms. The zero-order valence-corrected chi connectivity index (χ0v) is 18.4. The van der Waals surface area contributed by atoms with Crippen LogP contribution in [0.25, 0.3) is 17.0 Å². The summed E-state index contributed by atoms with van der Waals surface area (Å²) in [4.78, 5) is 19.2. The van der Waals surface area contributed by atoms with E-state index in [4.69, 9.17) is 9.26 Å². The zero-order chi connectivity index (χ0) is 22.8. The Hall–Kier alpha value is -3.68. The van der Waals surface area contributed by atoms with E-state index in [9.17, 15) is 9.18 Å². The third-order valence-electron chi connectivity index (χ3n) is 5.33. The van der Waals surface area contributed by atoms with Gasteiger partial charge >= 0.3 is 6.03 Å². The van der Waals surface area contributed by atoms with Crippen LogP contribution in [-0.4, -0.2) is 34.7 Å². The van der Waals surface area contributed by atoms with Crippen molar-refractivity contribution in [2.24, 2.45) is 5.92 Å². The van der Waals surface area contributed by atoms with Crippen LogP contribution in [0.5, 0.6) is 5.75 Å². The summed E-state index contributed by atoms with van der Waals surface area (Å²) in [5, 5.41) is 7.17. The fourth-order valence-electron chi connectivity index (χ4n) is 3.76. The summed E-state index contributed by atoms with van der Waals surface area (Å²) < 4.78 is 24.3. The van der Waals surface area contributed by atoms with Crippen LogP contribution in [0.4, 0.5) is 9.18 Å². The Morgan fingerprint density at radius 2 is 1.97 bits per heavy atom. The number of nitrogens with one attached hydrogen (secondary N) is 1. The lowest BCUT2D eigenvalue weighted by Gasteiger charge is -2.36. The fourth-order valence-corrected chi connectivity index (χ4v) is 3.76. The molecule has 1 aliphatic rings. The first-order valence-corrected chi connectivity index (χ1v) is 10.4. The zero-order valence-electron chi connectivity index (χ0n) is 18.4. The molecule has 1 aromatic heterocycles. The van der Waals surface area contributed by atoms with Crippen LogP contribution in [-0.2, 0) is 0 Å². The Kier molecular flexibility index (Phi) is 5.94. The Balaban J connectivity index is 1.81. The molecule has 1 aliphatic heterocycles. The van der Waals surface area contributed by atoms with Crippen LogP contribution < -0.4 is 10.1 Å². The average Bonchev–Trinajstić information content (AvgIpc) is 3.26. The molecule has 0 spiro atoms. The van der Waals surface area contributed by atoms with Crippen molar-refractivity contribution in [1.29, 1.82) is 0 Å². The van der Waals surface area contributed by atoms with Crippen LogP contribution >= 0.6 is 0 Å². The van der Waals surface area contributed by atoms with Crippen molar-refractivity contribution in [3.05, 3.63) is 71.5 Å². The number of aromatic nitrogens is 2. The van der Waals surface area contributed by atoms with E-state index in [1.165, 1.54) is 12.1 Å². The average molecular weight is 436 g/mol. The third kappa shape index (κ3) is 4.21. The molecule has 2 aromatic carbocycles. The van der Waals surface area contributed by atoms with Crippen molar-refractivity contribution in [3.63, 3.8) is 0 Å². The molecular weight excluding hydrogens is 411 g/mol. The van der Waals surface area contributed by atoms with Crippen LogP contribution in [0.2, 0.25) is 0 Å². The molecule has 0 fully saturated rings. The van der Waals surface area contributed by atoms with E-state index in [2.05, 4.69) is 15.5 Å². The maximum absolute atomic E-state index is 13.3. The Bertz CT molecular complexity index is 1150. The van der Waals surface area contributed by atoms with Gasteiger partial charge in [0.2, 0.25) is 5.82 Å². The molecule has 1 unspecified atom stereocenters. The van der Waals surface area contributed by atoms with Crippen LogP contribution in [0.15, 0.2) is 58.8 Å². The second-order valence-corrected chi connectivity index (χ2v) is 8.09. The predicted octanol–water partition coefficient (Wildman–Crippen LogP) is 5.04. The first-order valence-electron chi connectivity index (χ1n) is 10.4. The van der Waals surface area contributed by atoms with Crippen LogP contribution in [0, 0.1) is 11.7 Å². The van der Waals surface area contributed by atoms with Crippen molar-refractivity contribution >= 4 is 11.6 Å². The highest BCUT2D eigenvalue weighted by Gasteiger charge is 2.36. The van der Waals surface area contributed by atoms with Gasteiger partial charge in [0.15, 0.2) is 0 Å². The number of urea groups is 1. The highest BCUT2D eigenvalue weighted by molar-refractivity contribution is 5.87. The maximum Gasteiger partial charge on any atom is 0.322 e. The maximum atomic E-state index is 13.3. The van der Waals surface area contributed by atoms with Gasteiger partial charge in [-0.1, -0.05) is 31.1 Å². The molecule has 2 heterocycles. The number of hydrogen-bond donors (Lipinski definition) is 1. The minimum Gasteiger partial charge on any atom is -0.497 e. The molecule has 2 amide bonds. The van der Waals surface area contributed by atoms with Gasteiger partial charge in [0, 0.05) is 17.8 Å². The van der Waals surface area contributed by atoms with E-state index in [0.29, 0.717) is 35.1 Å². The minimum absolute atomic E-state index is 0.189. The van der Waals surface area contributed by atoms with Gasteiger partial charge in [-0.15, -0.1) is 0 Å². The monoisotopic (exact) mass is 436 g/mol.